The minimum absolute atomic E-state index is 0.0520. The summed E-state index contributed by atoms with van der Waals surface area (Å²) < 4.78 is 0. The van der Waals surface area contributed by atoms with Crippen molar-refractivity contribution in [2.45, 2.75) is 26.8 Å². The number of anilines is 1. The number of carboxylic acids is 1. The van der Waals surface area contributed by atoms with E-state index in [9.17, 15) is 4.79 Å². The molecule has 0 bridgehead atoms. The van der Waals surface area contributed by atoms with Crippen molar-refractivity contribution in [3.8, 4) is 0 Å². The molecule has 1 unspecified atom stereocenters. The second-order valence-electron chi connectivity index (χ2n) is 4.16. The second kappa shape index (κ2) is 5.31. The fourth-order valence-electron chi connectivity index (χ4n) is 1.76. The van der Waals surface area contributed by atoms with Gasteiger partial charge in [0.15, 0.2) is 5.69 Å². The Balaban J connectivity index is 2.12. The Morgan fingerprint density at radius 3 is 2.58 bits per heavy atom. The van der Waals surface area contributed by atoms with Crippen LogP contribution in [0.3, 0.4) is 0 Å². The summed E-state index contributed by atoms with van der Waals surface area (Å²) >= 11 is 1.63. The molecule has 0 spiro atoms. The highest BCUT2D eigenvalue weighted by molar-refractivity contribution is 7.11. The molecule has 100 valence electrons. The molecule has 2 aromatic rings. The topological polar surface area (TPSA) is 88.0 Å². The van der Waals surface area contributed by atoms with Gasteiger partial charge in [-0.05, 0) is 32.9 Å². The Morgan fingerprint density at radius 1 is 1.37 bits per heavy atom. The summed E-state index contributed by atoms with van der Waals surface area (Å²) in [5, 5.41) is 20.4. The molecule has 2 heterocycles. The molecule has 0 aromatic carbocycles. The third-order valence-electron chi connectivity index (χ3n) is 2.58. The second-order valence-corrected chi connectivity index (χ2v) is 5.39. The maximum atomic E-state index is 10.7. The summed E-state index contributed by atoms with van der Waals surface area (Å²) in [6, 6.07) is 3.09. The number of rotatable bonds is 4. The molecule has 2 aromatic heterocycles. The van der Waals surface area contributed by atoms with E-state index in [-0.39, 0.29) is 11.7 Å². The number of thiazole rings is 1. The van der Waals surface area contributed by atoms with Crippen LogP contribution in [0.25, 0.3) is 0 Å². The van der Waals surface area contributed by atoms with E-state index < -0.39 is 5.97 Å². The number of aromatic carboxylic acids is 1. The third-order valence-corrected chi connectivity index (χ3v) is 3.84. The first-order valence-electron chi connectivity index (χ1n) is 5.75. The molecule has 0 aliphatic heterocycles. The molecule has 0 saturated carbocycles. The Hall–Kier alpha value is -2.02. The van der Waals surface area contributed by atoms with Gasteiger partial charge in [-0.1, -0.05) is 0 Å². The smallest absolute Gasteiger partial charge is 0.356 e. The molecule has 2 rings (SSSR count). The van der Waals surface area contributed by atoms with E-state index in [2.05, 4.69) is 20.5 Å². The monoisotopic (exact) mass is 278 g/mol. The van der Waals surface area contributed by atoms with E-state index in [0.717, 1.165) is 15.6 Å². The van der Waals surface area contributed by atoms with E-state index in [1.54, 1.807) is 17.4 Å². The van der Waals surface area contributed by atoms with Crippen LogP contribution in [0.5, 0.6) is 0 Å². The molecule has 0 aliphatic carbocycles. The van der Waals surface area contributed by atoms with Crippen LogP contribution in [0.1, 0.15) is 39.0 Å². The number of nitrogens with one attached hydrogen (secondary N) is 1. The lowest BCUT2D eigenvalue weighted by Crippen LogP contribution is -2.10. The Labute approximate surface area is 114 Å². The summed E-state index contributed by atoms with van der Waals surface area (Å²) in [5.74, 6) is -0.538. The average Bonchev–Trinajstić information content (AvgIpc) is 2.69. The van der Waals surface area contributed by atoms with Crippen LogP contribution in [0, 0.1) is 13.8 Å². The van der Waals surface area contributed by atoms with Crippen molar-refractivity contribution in [2.24, 2.45) is 0 Å². The van der Waals surface area contributed by atoms with Crippen molar-refractivity contribution in [1.29, 1.82) is 0 Å². The van der Waals surface area contributed by atoms with Gasteiger partial charge >= 0.3 is 5.97 Å². The first-order chi connectivity index (χ1) is 8.97. The van der Waals surface area contributed by atoms with Crippen LogP contribution in [-0.2, 0) is 0 Å². The lowest BCUT2D eigenvalue weighted by atomic mass is 10.2. The molecule has 0 amide bonds. The number of carboxylic acid groups (broad SMARTS) is 1. The minimum Gasteiger partial charge on any atom is -0.476 e. The van der Waals surface area contributed by atoms with Gasteiger partial charge in [-0.2, -0.15) is 0 Å². The van der Waals surface area contributed by atoms with Crippen LogP contribution >= 0.6 is 11.3 Å². The minimum atomic E-state index is -1.08. The Morgan fingerprint density at radius 2 is 2.11 bits per heavy atom. The van der Waals surface area contributed by atoms with Gasteiger partial charge in [0.25, 0.3) is 0 Å². The zero-order valence-electron chi connectivity index (χ0n) is 10.8. The van der Waals surface area contributed by atoms with E-state index in [4.69, 9.17) is 5.11 Å². The summed E-state index contributed by atoms with van der Waals surface area (Å²) in [6.45, 7) is 5.94. The van der Waals surface area contributed by atoms with Crippen LogP contribution in [0.15, 0.2) is 12.1 Å². The van der Waals surface area contributed by atoms with Gasteiger partial charge in [0.2, 0.25) is 0 Å². The van der Waals surface area contributed by atoms with Crippen molar-refractivity contribution in [2.75, 3.05) is 5.32 Å². The number of hydrogen-bond acceptors (Lipinski definition) is 6. The standard InChI is InChI=1S/C12H14N4O2S/c1-6-11(19-8(3)13-6)7(2)14-10-5-4-9(12(17)18)15-16-10/h4-5,7H,1-3H3,(H,14,16)(H,17,18). The normalized spacial score (nSPS) is 12.2. The van der Waals surface area contributed by atoms with Gasteiger partial charge in [-0.25, -0.2) is 9.78 Å². The van der Waals surface area contributed by atoms with Gasteiger partial charge in [0, 0.05) is 4.88 Å². The zero-order chi connectivity index (χ0) is 14.0. The van der Waals surface area contributed by atoms with Crippen LogP contribution in [-0.4, -0.2) is 26.3 Å². The summed E-state index contributed by atoms with van der Waals surface area (Å²) in [6.07, 6.45) is 0. The molecule has 0 fully saturated rings. The van der Waals surface area contributed by atoms with Gasteiger partial charge in [-0.15, -0.1) is 21.5 Å². The molecule has 7 heteroatoms. The predicted molar refractivity (Wildman–Crippen MR) is 72.6 cm³/mol. The van der Waals surface area contributed by atoms with Crippen LogP contribution in [0.2, 0.25) is 0 Å². The number of hydrogen-bond donors (Lipinski definition) is 2. The van der Waals surface area contributed by atoms with Crippen molar-refractivity contribution in [3.63, 3.8) is 0 Å². The first-order valence-corrected chi connectivity index (χ1v) is 6.56. The lowest BCUT2D eigenvalue weighted by molar-refractivity contribution is 0.0689. The SMILES string of the molecule is Cc1nc(C)c(C(C)Nc2ccc(C(=O)O)nn2)s1. The molecule has 0 radical (unpaired) electrons. The maximum absolute atomic E-state index is 10.7. The highest BCUT2D eigenvalue weighted by Crippen LogP contribution is 2.26. The molecule has 19 heavy (non-hydrogen) atoms. The van der Waals surface area contributed by atoms with Crippen molar-refractivity contribution in [3.05, 3.63) is 33.4 Å². The van der Waals surface area contributed by atoms with Gasteiger partial charge in [0.05, 0.1) is 16.7 Å². The van der Waals surface area contributed by atoms with Crippen molar-refractivity contribution >= 4 is 23.1 Å². The van der Waals surface area contributed by atoms with Gasteiger partial charge < -0.3 is 10.4 Å². The highest BCUT2D eigenvalue weighted by Gasteiger charge is 2.14. The molecular weight excluding hydrogens is 264 g/mol. The van der Waals surface area contributed by atoms with E-state index >= 15 is 0 Å². The summed E-state index contributed by atoms with van der Waals surface area (Å²) in [5.41, 5.74) is 0.931. The molecule has 0 aliphatic rings. The molecule has 1 atom stereocenters. The van der Waals surface area contributed by atoms with Crippen LogP contribution in [0.4, 0.5) is 5.82 Å². The predicted octanol–water partition coefficient (Wildman–Crippen LogP) is 2.42. The van der Waals surface area contributed by atoms with Crippen LogP contribution < -0.4 is 5.32 Å². The molecule has 0 saturated heterocycles. The largest absolute Gasteiger partial charge is 0.476 e. The third kappa shape index (κ3) is 3.05. The lowest BCUT2D eigenvalue weighted by Gasteiger charge is -2.12. The molecule has 2 N–H and O–H groups in total. The van der Waals surface area contributed by atoms with E-state index in [1.165, 1.54) is 6.07 Å². The molecular formula is C12H14N4O2S. The average molecular weight is 278 g/mol. The number of aromatic nitrogens is 3. The fourth-order valence-corrected chi connectivity index (χ4v) is 2.69. The van der Waals surface area contributed by atoms with Gasteiger partial charge in [-0.3, -0.25) is 0 Å². The number of carbonyl (C=O) groups is 1. The zero-order valence-corrected chi connectivity index (χ0v) is 11.7. The van der Waals surface area contributed by atoms with Crippen molar-refractivity contribution < 1.29 is 9.90 Å². The van der Waals surface area contributed by atoms with E-state index in [0.29, 0.717) is 5.82 Å². The summed E-state index contributed by atoms with van der Waals surface area (Å²) in [4.78, 5) is 16.2. The van der Waals surface area contributed by atoms with Gasteiger partial charge in [0.1, 0.15) is 5.82 Å². The number of nitrogens with zero attached hydrogens (tertiary/aromatic N) is 3. The highest BCUT2D eigenvalue weighted by atomic mass is 32.1. The molecule has 6 nitrogen and oxygen atoms in total. The quantitative estimate of drug-likeness (QED) is 0.893. The van der Waals surface area contributed by atoms with E-state index in [1.807, 2.05) is 20.8 Å². The Kier molecular flexibility index (Phi) is 3.75. The number of aryl methyl sites for hydroxylation is 2. The fraction of sp³-hybridized carbons (Fsp3) is 0.333. The van der Waals surface area contributed by atoms with Crippen molar-refractivity contribution in [1.82, 2.24) is 15.2 Å². The maximum Gasteiger partial charge on any atom is 0.356 e. The Bertz CT molecular complexity index is 594. The first kappa shape index (κ1) is 13.4. The summed E-state index contributed by atoms with van der Waals surface area (Å²) in [7, 11) is 0.